The number of hydrogen-bond acceptors (Lipinski definition) is 9. The zero-order valence-electron chi connectivity index (χ0n) is 19.8. The number of nitrogens with one attached hydrogen (secondary N) is 1. The number of sulfonamides is 1. The van der Waals surface area contributed by atoms with Crippen LogP contribution in [0.5, 0.6) is 11.5 Å². The van der Waals surface area contributed by atoms with E-state index in [1.165, 1.54) is 18.2 Å². The summed E-state index contributed by atoms with van der Waals surface area (Å²) in [6, 6.07) is 13.1. The number of para-hydroxylation sites is 1. The van der Waals surface area contributed by atoms with Crippen molar-refractivity contribution in [1.29, 1.82) is 0 Å². The summed E-state index contributed by atoms with van der Waals surface area (Å²) < 4.78 is 97.7. The smallest absolute Gasteiger partial charge is 0.426 e. The first-order valence-electron chi connectivity index (χ1n) is 10.6. The molecular weight excluding hydrogens is 567 g/mol. The summed E-state index contributed by atoms with van der Waals surface area (Å²) in [5.74, 6) is -3.87. The predicted octanol–water partition coefficient (Wildman–Crippen LogP) is 3.75. The van der Waals surface area contributed by atoms with Gasteiger partial charge in [-0.1, -0.05) is 12.1 Å². The number of Topliss-reactive ketones (excluding diaryl/α,β-unsaturated/α-hetero) is 1. The van der Waals surface area contributed by atoms with Crippen LogP contribution in [0.25, 0.3) is 0 Å². The Labute approximate surface area is 220 Å². The number of ketones is 1. The second-order valence-corrected chi connectivity index (χ2v) is 11.3. The van der Waals surface area contributed by atoms with Gasteiger partial charge < -0.3 is 9.47 Å². The number of sulfone groups is 1. The topological polar surface area (TPSA) is 150 Å². The summed E-state index contributed by atoms with van der Waals surface area (Å²) in [7, 11) is -8.92. The Bertz CT molecular complexity index is 1620. The Morgan fingerprint density at radius 1 is 0.846 bits per heavy atom. The normalized spacial score (nSPS) is 11.9. The van der Waals surface area contributed by atoms with Crippen molar-refractivity contribution in [2.24, 2.45) is 0 Å². The summed E-state index contributed by atoms with van der Waals surface area (Å²) in [4.78, 5) is 36.0. The van der Waals surface area contributed by atoms with Gasteiger partial charge in [0, 0.05) is 18.2 Å². The number of benzene rings is 3. The first-order chi connectivity index (χ1) is 18.1. The second-order valence-electron chi connectivity index (χ2n) is 7.76. The summed E-state index contributed by atoms with van der Waals surface area (Å²) >= 11 is 0. The van der Waals surface area contributed by atoms with Gasteiger partial charge in [-0.3, -0.25) is 19.1 Å². The minimum atomic E-state index is -4.95. The van der Waals surface area contributed by atoms with Gasteiger partial charge >= 0.3 is 12.3 Å². The first kappa shape index (κ1) is 29.3. The molecule has 1 N–H and O–H groups in total. The van der Waals surface area contributed by atoms with E-state index in [0.717, 1.165) is 61.5 Å². The Morgan fingerprint density at radius 3 is 2.00 bits per heavy atom. The zero-order chi connectivity index (χ0) is 29.0. The fraction of sp³-hybridized carbons (Fsp3) is 0.125. The number of hydrogen-bond donors (Lipinski definition) is 1. The van der Waals surface area contributed by atoms with Gasteiger partial charge in [-0.2, -0.15) is 0 Å². The Hall–Kier alpha value is -4.24. The Morgan fingerprint density at radius 2 is 1.44 bits per heavy atom. The molecule has 0 radical (unpaired) electrons. The van der Waals surface area contributed by atoms with E-state index in [1.807, 2.05) is 0 Å². The lowest BCUT2D eigenvalue weighted by molar-refractivity contribution is -0.274. The van der Waals surface area contributed by atoms with E-state index < -0.39 is 60.2 Å². The van der Waals surface area contributed by atoms with Gasteiger partial charge in [0.25, 0.3) is 15.1 Å². The maximum Gasteiger partial charge on any atom is 0.573 e. The van der Waals surface area contributed by atoms with E-state index in [0.29, 0.717) is 0 Å². The number of anilines is 1. The van der Waals surface area contributed by atoms with Gasteiger partial charge in [0.1, 0.15) is 17.3 Å². The third-order valence-electron chi connectivity index (χ3n) is 4.79. The van der Waals surface area contributed by atoms with E-state index in [4.69, 9.17) is 4.74 Å². The van der Waals surface area contributed by atoms with Crippen LogP contribution >= 0.6 is 0 Å². The fourth-order valence-electron chi connectivity index (χ4n) is 3.13. The van der Waals surface area contributed by atoms with Gasteiger partial charge in [-0.25, -0.2) is 16.8 Å². The minimum Gasteiger partial charge on any atom is -0.426 e. The maximum atomic E-state index is 12.6. The average Bonchev–Trinajstić information content (AvgIpc) is 2.83. The van der Waals surface area contributed by atoms with Crippen molar-refractivity contribution < 1.29 is 53.9 Å². The van der Waals surface area contributed by atoms with E-state index in [2.05, 4.69) is 9.46 Å². The second kappa shape index (κ2) is 11.2. The van der Waals surface area contributed by atoms with Crippen LogP contribution in [0.1, 0.15) is 27.6 Å². The molecule has 0 aromatic heterocycles. The number of esters is 1. The minimum absolute atomic E-state index is 0.0450. The molecule has 0 saturated heterocycles. The maximum absolute atomic E-state index is 12.6. The van der Waals surface area contributed by atoms with Crippen LogP contribution < -0.4 is 14.2 Å². The highest BCUT2D eigenvalue weighted by Gasteiger charge is 2.32. The van der Waals surface area contributed by atoms with Crippen molar-refractivity contribution in [2.75, 3.05) is 10.5 Å². The van der Waals surface area contributed by atoms with Crippen molar-refractivity contribution in [3.05, 3.63) is 83.9 Å². The Kier molecular flexibility index (Phi) is 8.45. The van der Waals surface area contributed by atoms with Crippen LogP contribution in [0, 0.1) is 0 Å². The molecular formula is C24H18F3NO9S2. The molecule has 39 heavy (non-hydrogen) atoms. The summed E-state index contributed by atoms with van der Waals surface area (Å²) in [6.45, 7) is 1.06. The van der Waals surface area contributed by atoms with Crippen molar-refractivity contribution in [3.8, 4) is 11.5 Å². The molecule has 0 aliphatic carbocycles. The van der Waals surface area contributed by atoms with Crippen LogP contribution in [0.2, 0.25) is 0 Å². The molecule has 0 bridgehead atoms. The summed E-state index contributed by atoms with van der Waals surface area (Å²) in [6.07, 6.45) is -4.95. The highest BCUT2D eigenvalue weighted by molar-refractivity contribution is 8.07. The average molecular weight is 586 g/mol. The third kappa shape index (κ3) is 7.87. The summed E-state index contributed by atoms with van der Waals surface area (Å²) in [5.41, 5.74) is -0.629. The molecule has 3 rings (SSSR count). The number of rotatable bonds is 9. The van der Waals surface area contributed by atoms with Gasteiger partial charge in [0.15, 0.2) is 5.78 Å². The molecule has 0 fully saturated rings. The van der Waals surface area contributed by atoms with Crippen LogP contribution in [0.4, 0.5) is 18.9 Å². The molecule has 3 aromatic rings. The number of alkyl halides is 3. The predicted molar refractivity (Wildman–Crippen MR) is 131 cm³/mol. The van der Waals surface area contributed by atoms with Gasteiger partial charge in [-0.15, -0.1) is 13.2 Å². The fourth-order valence-corrected chi connectivity index (χ4v) is 5.33. The lowest BCUT2D eigenvalue weighted by Gasteiger charge is -2.11. The van der Waals surface area contributed by atoms with Gasteiger partial charge in [0.05, 0.1) is 10.5 Å². The molecule has 0 amide bonds. The molecule has 0 spiro atoms. The molecule has 206 valence electrons. The highest BCUT2D eigenvalue weighted by atomic mass is 32.2. The molecule has 0 heterocycles. The van der Waals surface area contributed by atoms with Gasteiger partial charge in [0.2, 0.25) is 9.84 Å². The molecule has 0 saturated carbocycles. The van der Waals surface area contributed by atoms with Crippen LogP contribution in [-0.2, 0) is 24.7 Å². The van der Waals surface area contributed by atoms with Gasteiger partial charge in [-0.05, 0) is 60.7 Å². The van der Waals surface area contributed by atoms with Crippen molar-refractivity contribution in [1.82, 2.24) is 0 Å². The lowest BCUT2D eigenvalue weighted by atomic mass is 10.1. The molecule has 15 heteroatoms. The lowest BCUT2D eigenvalue weighted by Crippen LogP contribution is -2.25. The quantitative estimate of drug-likeness (QED) is 0.225. The highest BCUT2D eigenvalue weighted by Crippen LogP contribution is 2.25. The standard InChI is InChI=1S/C24H18F3NO9S2/c1-15(29)36-22-5-3-2-4-20(22)23(31)38(32,33)14-21(30)16-6-8-17(9-7-16)28-39(34,35)19-12-10-18(11-13-19)37-24(25,26)27/h2-13,28H,14H2,1H3. The summed E-state index contributed by atoms with van der Waals surface area (Å²) in [5, 5.41) is -1.43. The van der Waals surface area contributed by atoms with Crippen molar-refractivity contribution in [2.45, 2.75) is 18.2 Å². The molecule has 0 unspecified atom stereocenters. The molecule has 10 nitrogen and oxygen atoms in total. The Balaban J connectivity index is 1.70. The largest absolute Gasteiger partial charge is 0.573 e. The van der Waals surface area contributed by atoms with Crippen LogP contribution in [0.3, 0.4) is 0 Å². The van der Waals surface area contributed by atoms with Crippen molar-refractivity contribution >= 4 is 42.4 Å². The van der Waals surface area contributed by atoms with E-state index in [9.17, 15) is 44.4 Å². The number of ether oxygens (including phenoxy) is 2. The van der Waals surface area contributed by atoms with E-state index in [-0.39, 0.29) is 21.9 Å². The van der Waals surface area contributed by atoms with Crippen molar-refractivity contribution in [3.63, 3.8) is 0 Å². The first-order valence-corrected chi connectivity index (χ1v) is 13.8. The van der Waals surface area contributed by atoms with Crippen LogP contribution in [-0.4, -0.2) is 45.8 Å². The number of carbonyl (C=O) groups excluding carboxylic acids is 3. The molecule has 0 aliphatic heterocycles. The number of halogens is 3. The number of carbonyl (C=O) groups is 3. The SMILES string of the molecule is CC(=O)Oc1ccccc1C(=O)S(=O)(=O)CC(=O)c1ccc(NS(=O)(=O)c2ccc(OC(F)(F)F)cc2)cc1. The van der Waals surface area contributed by atoms with Crippen LogP contribution in [0.15, 0.2) is 77.7 Å². The van der Waals surface area contributed by atoms with E-state index >= 15 is 0 Å². The molecule has 3 aromatic carbocycles. The third-order valence-corrected chi connectivity index (χ3v) is 7.62. The molecule has 0 aliphatic rings. The van der Waals surface area contributed by atoms with E-state index in [1.54, 1.807) is 0 Å². The monoisotopic (exact) mass is 585 g/mol. The molecule has 0 atom stereocenters. The zero-order valence-corrected chi connectivity index (χ0v) is 21.4.